The smallest absolute Gasteiger partial charge is 0.306 e. The Kier molecular flexibility index (Phi) is 66.2. The van der Waals surface area contributed by atoms with E-state index in [1.807, 2.05) is 0 Å². The van der Waals surface area contributed by atoms with E-state index in [2.05, 4.69) is 130 Å². The molecule has 0 saturated heterocycles. The second-order valence-corrected chi connectivity index (χ2v) is 23.1. The Morgan fingerprint density at radius 3 is 0.768 bits per heavy atom. The third-order valence-corrected chi connectivity index (χ3v) is 15.0. The van der Waals surface area contributed by atoms with Crippen LogP contribution < -0.4 is 0 Å². The molecular formula is C76H130O6. The van der Waals surface area contributed by atoms with Gasteiger partial charge >= 0.3 is 17.9 Å². The van der Waals surface area contributed by atoms with E-state index in [1.165, 1.54) is 161 Å². The zero-order valence-corrected chi connectivity index (χ0v) is 54.0. The molecule has 6 heteroatoms. The van der Waals surface area contributed by atoms with Crippen molar-refractivity contribution in [2.75, 3.05) is 13.2 Å². The van der Waals surface area contributed by atoms with Gasteiger partial charge in [0.05, 0.1) is 0 Å². The highest BCUT2D eigenvalue weighted by Gasteiger charge is 2.19. The lowest BCUT2D eigenvalue weighted by molar-refractivity contribution is -0.167. The topological polar surface area (TPSA) is 78.9 Å². The summed E-state index contributed by atoms with van der Waals surface area (Å²) in [6.07, 6.45) is 95.4. The molecule has 0 bridgehead atoms. The fourth-order valence-corrected chi connectivity index (χ4v) is 9.77. The van der Waals surface area contributed by atoms with Gasteiger partial charge < -0.3 is 14.2 Å². The number of carbonyl (C=O) groups is 3. The van der Waals surface area contributed by atoms with Crippen LogP contribution in [0.1, 0.15) is 335 Å². The Bertz CT molecular complexity index is 1640. The largest absolute Gasteiger partial charge is 0.462 e. The first-order valence-corrected chi connectivity index (χ1v) is 34.9. The van der Waals surface area contributed by atoms with E-state index < -0.39 is 6.10 Å². The Hall–Kier alpha value is -3.93. The van der Waals surface area contributed by atoms with Crippen molar-refractivity contribution in [3.8, 4) is 0 Å². The molecule has 0 aromatic heterocycles. The van der Waals surface area contributed by atoms with E-state index >= 15 is 0 Å². The van der Waals surface area contributed by atoms with Gasteiger partial charge in [-0.2, -0.15) is 0 Å². The van der Waals surface area contributed by atoms with Crippen LogP contribution in [0.4, 0.5) is 0 Å². The maximum Gasteiger partial charge on any atom is 0.306 e. The van der Waals surface area contributed by atoms with Gasteiger partial charge in [-0.25, -0.2) is 0 Å². The molecule has 470 valence electrons. The second-order valence-electron chi connectivity index (χ2n) is 23.1. The van der Waals surface area contributed by atoms with Crippen LogP contribution in [-0.4, -0.2) is 37.2 Å². The first kappa shape index (κ1) is 78.1. The quantitative estimate of drug-likeness (QED) is 0.0261. The Morgan fingerprint density at radius 2 is 0.476 bits per heavy atom. The number of rotatable bonds is 63. The van der Waals surface area contributed by atoms with E-state index in [-0.39, 0.29) is 31.1 Å². The minimum Gasteiger partial charge on any atom is -0.462 e. The molecule has 0 aliphatic heterocycles. The molecule has 82 heavy (non-hydrogen) atoms. The molecule has 0 aromatic rings. The van der Waals surface area contributed by atoms with Crippen LogP contribution >= 0.6 is 0 Å². The van der Waals surface area contributed by atoms with Crippen LogP contribution in [0.15, 0.2) is 109 Å². The average Bonchev–Trinajstić information content (AvgIpc) is 3.47. The number of unbranched alkanes of at least 4 members (excludes halogenated alkanes) is 34. The molecule has 1 unspecified atom stereocenters. The molecule has 6 nitrogen and oxygen atoms in total. The van der Waals surface area contributed by atoms with Crippen LogP contribution in [0.5, 0.6) is 0 Å². The number of ether oxygens (including phenoxy) is 3. The summed E-state index contributed by atoms with van der Waals surface area (Å²) in [5.74, 6) is -0.901. The zero-order chi connectivity index (χ0) is 59.2. The molecule has 0 amide bonds. The van der Waals surface area contributed by atoms with Gasteiger partial charge in [-0.05, 0) is 128 Å². The van der Waals surface area contributed by atoms with Gasteiger partial charge in [0.15, 0.2) is 6.10 Å². The Balaban J connectivity index is 4.22. The minimum absolute atomic E-state index is 0.0860. The first-order chi connectivity index (χ1) is 40.5. The van der Waals surface area contributed by atoms with Gasteiger partial charge in [-0.3, -0.25) is 14.4 Å². The van der Waals surface area contributed by atoms with Crippen LogP contribution in [0.25, 0.3) is 0 Å². The van der Waals surface area contributed by atoms with Crippen molar-refractivity contribution in [1.29, 1.82) is 0 Å². The number of hydrogen-bond donors (Lipinski definition) is 0. The molecule has 0 aliphatic rings. The molecule has 0 N–H and O–H groups in total. The van der Waals surface area contributed by atoms with E-state index in [1.54, 1.807) is 0 Å². The second kappa shape index (κ2) is 69.6. The SMILES string of the molecule is CC/C=C\C/C=C\C/C=C\C/C=C\C/C=C\CCCCCCCCCCCCCCCCCCCC(=O)OCC(COC(=O)CCCCCCC/C=C\C/C=C\CCCCC)OC(=O)CCCCCCC/C=C\C/C=C\CCCCCC. The van der Waals surface area contributed by atoms with Crippen molar-refractivity contribution in [3.63, 3.8) is 0 Å². The van der Waals surface area contributed by atoms with E-state index in [0.717, 1.165) is 135 Å². The molecular weight excluding hydrogens is 1010 g/mol. The van der Waals surface area contributed by atoms with Crippen LogP contribution in [0.3, 0.4) is 0 Å². The number of carbonyl (C=O) groups excluding carboxylic acids is 3. The highest BCUT2D eigenvalue weighted by Crippen LogP contribution is 2.17. The lowest BCUT2D eigenvalue weighted by Crippen LogP contribution is -2.30. The van der Waals surface area contributed by atoms with Gasteiger partial charge in [-0.15, -0.1) is 0 Å². The van der Waals surface area contributed by atoms with Crippen molar-refractivity contribution >= 4 is 17.9 Å². The van der Waals surface area contributed by atoms with E-state index in [9.17, 15) is 14.4 Å². The predicted molar refractivity (Wildman–Crippen MR) is 357 cm³/mol. The lowest BCUT2D eigenvalue weighted by atomic mass is 10.0. The maximum absolute atomic E-state index is 12.9. The summed E-state index contributed by atoms with van der Waals surface area (Å²) in [4.78, 5) is 38.4. The molecule has 0 fully saturated rings. The molecule has 0 aliphatic carbocycles. The third kappa shape index (κ3) is 66.9. The van der Waals surface area contributed by atoms with E-state index in [0.29, 0.717) is 19.3 Å². The standard InChI is InChI=1S/C76H130O6/c1-4-7-10-13-16-19-22-25-28-30-31-32-33-34-35-36-37-38-39-40-41-42-43-44-45-46-49-51-54-57-60-63-66-69-75(78)81-72-73(71-80-74(77)68-65-62-59-56-53-50-47-27-24-21-18-15-12-9-6-3)82-76(79)70-67-64-61-58-55-52-48-29-26-23-20-17-14-11-8-5-2/h7,10,16,18-21,23,25,27-29,31-32,34-35,47-48,73H,4-6,8-9,11-15,17,22,24,26,30,33,36-46,49-72H2,1-3H3/b10-7-,19-16-,21-18-,23-20-,28-25-,32-31-,35-34-,47-27-,48-29-. The van der Waals surface area contributed by atoms with Crippen LogP contribution in [-0.2, 0) is 28.6 Å². The normalized spacial score (nSPS) is 12.8. The number of hydrogen-bond acceptors (Lipinski definition) is 6. The van der Waals surface area contributed by atoms with Crippen molar-refractivity contribution < 1.29 is 28.6 Å². The molecule has 0 heterocycles. The summed E-state index contributed by atoms with van der Waals surface area (Å²) in [7, 11) is 0. The third-order valence-electron chi connectivity index (χ3n) is 15.0. The molecule has 0 rings (SSSR count). The van der Waals surface area contributed by atoms with Crippen LogP contribution in [0, 0.1) is 0 Å². The molecule has 0 aromatic carbocycles. The van der Waals surface area contributed by atoms with Gasteiger partial charge in [0.2, 0.25) is 0 Å². The lowest BCUT2D eigenvalue weighted by Gasteiger charge is -2.18. The highest BCUT2D eigenvalue weighted by molar-refractivity contribution is 5.71. The summed E-state index contributed by atoms with van der Waals surface area (Å²) in [5.41, 5.74) is 0. The summed E-state index contributed by atoms with van der Waals surface area (Å²) in [5, 5.41) is 0. The summed E-state index contributed by atoms with van der Waals surface area (Å²) >= 11 is 0. The van der Waals surface area contributed by atoms with Crippen molar-refractivity contribution in [2.24, 2.45) is 0 Å². The molecule has 0 spiro atoms. The summed E-state index contributed by atoms with van der Waals surface area (Å²) in [6.45, 7) is 6.49. The highest BCUT2D eigenvalue weighted by atomic mass is 16.6. The van der Waals surface area contributed by atoms with Gasteiger partial charge in [-0.1, -0.05) is 297 Å². The Labute approximate surface area is 508 Å². The summed E-state index contributed by atoms with van der Waals surface area (Å²) < 4.78 is 16.9. The zero-order valence-electron chi connectivity index (χ0n) is 54.0. The Morgan fingerprint density at radius 1 is 0.256 bits per heavy atom. The van der Waals surface area contributed by atoms with Gasteiger partial charge in [0, 0.05) is 19.3 Å². The van der Waals surface area contributed by atoms with Gasteiger partial charge in [0.1, 0.15) is 13.2 Å². The maximum atomic E-state index is 12.9. The molecule has 0 saturated carbocycles. The number of esters is 3. The predicted octanol–water partition coefficient (Wildman–Crippen LogP) is 24.2. The van der Waals surface area contributed by atoms with Crippen LogP contribution in [0.2, 0.25) is 0 Å². The minimum atomic E-state index is -0.792. The van der Waals surface area contributed by atoms with Crippen molar-refractivity contribution in [1.82, 2.24) is 0 Å². The monoisotopic (exact) mass is 1140 g/mol. The summed E-state index contributed by atoms with van der Waals surface area (Å²) in [6, 6.07) is 0. The van der Waals surface area contributed by atoms with Crippen molar-refractivity contribution in [3.05, 3.63) is 109 Å². The average molecular weight is 1140 g/mol. The fraction of sp³-hybridized carbons (Fsp3) is 0.724. The van der Waals surface area contributed by atoms with Gasteiger partial charge in [0.25, 0.3) is 0 Å². The fourth-order valence-electron chi connectivity index (χ4n) is 9.77. The van der Waals surface area contributed by atoms with Crippen molar-refractivity contribution in [2.45, 2.75) is 341 Å². The van der Waals surface area contributed by atoms with E-state index in [4.69, 9.17) is 14.2 Å². The number of allylic oxidation sites excluding steroid dienone is 18. The molecule has 1 atom stereocenters. The molecule has 0 radical (unpaired) electrons. The first-order valence-electron chi connectivity index (χ1n) is 34.9.